The lowest BCUT2D eigenvalue weighted by Crippen LogP contribution is -2.43. The van der Waals surface area contributed by atoms with Gasteiger partial charge in [0.25, 0.3) is 11.8 Å². The average molecular weight is 387 g/mol. The lowest BCUT2D eigenvalue weighted by molar-refractivity contribution is -0.161. The summed E-state index contributed by atoms with van der Waals surface area (Å²) in [4.78, 5) is 28.1. The van der Waals surface area contributed by atoms with E-state index in [1.165, 1.54) is 12.2 Å². The number of aromatic nitrogens is 1. The molecule has 0 saturated carbocycles. The minimum atomic E-state index is -4.42. The predicted octanol–water partition coefficient (Wildman–Crippen LogP) is 3.57. The van der Waals surface area contributed by atoms with E-state index in [1.54, 1.807) is 36.7 Å². The third kappa shape index (κ3) is 4.64. The standard InChI is InChI=1S/C20H16F3N3O2/c21-20(22,23)17-3-1-2-16(12-17)19(28)26-25-18(27)15-6-4-13(5-7-15)14-8-10-24-11-9-14/h1-11,17H,12H2,(H,25,27)(H,26,28). The molecular formula is C20H16F3N3O2. The Morgan fingerprint density at radius 3 is 2.18 bits per heavy atom. The van der Waals surface area contributed by atoms with E-state index >= 15 is 0 Å². The number of alkyl halides is 3. The molecule has 0 radical (unpaired) electrons. The Kier molecular flexibility index (Phi) is 5.58. The molecule has 0 aliphatic heterocycles. The molecule has 1 atom stereocenters. The molecule has 2 amide bonds. The third-order valence-electron chi connectivity index (χ3n) is 4.24. The van der Waals surface area contributed by atoms with Gasteiger partial charge in [0.1, 0.15) is 0 Å². The molecule has 1 aromatic carbocycles. The van der Waals surface area contributed by atoms with E-state index in [2.05, 4.69) is 15.8 Å². The summed E-state index contributed by atoms with van der Waals surface area (Å²) in [5.41, 5.74) is 6.43. The van der Waals surface area contributed by atoms with Crippen LogP contribution < -0.4 is 10.9 Å². The minimum Gasteiger partial charge on any atom is -0.268 e. The zero-order valence-corrected chi connectivity index (χ0v) is 14.5. The fraction of sp³-hybridized carbons (Fsp3) is 0.150. The maximum Gasteiger partial charge on any atom is 0.395 e. The molecule has 2 aromatic rings. The normalized spacial score (nSPS) is 16.2. The maximum absolute atomic E-state index is 12.8. The molecule has 1 aliphatic rings. The Bertz CT molecular complexity index is 920. The molecule has 1 heterocycles. The fourth-order valence-corrected chi connectivity index (χ4v) is 2.70. The highest BCUT2D eigenvalue weighted by Gasteiger charge is 2.39. The molecule has 3 rings (SSSR count). The summed E-state index contributed by atoms with van der Waals surface area (Å²) in [5, 5.41) is 0. The number of benzene rings is 1. The van der Waals surface area contributed by atoms with Crippen LogP contribution in [-0.2, 0) is 4.79 Å². The molecule has 8 heteroatoms. The lowest BCUT2D eigenvalue weighted by atomic mass is 9.93. The van der Waals surface area contributed by atoms with Gasteiger partial charge in [-0.25, -0.2) is 0 Å². The molecule has 0 spiro atoms. The zero-order valence-electron chi connectivity index (χ0n) is 14.5. The molecule has 1 aromatic heterocycles. The first-order valence-corrected chi connectivity index (χ1v) is 8.40. The summed E-state index contributed by atoms with van der Waals surface area (Å²) in [7, 11) is 0. The van der Waals surface area contributed by atoms with Crippen LogP contribution >= 0.6 is 0 Å². The van der Waals surface area contributed by atoms with Crippen molar-refractivity contribution in [3.8, 4) is 11.1 Å². The number of hydrogen-bond donors (Lipinski definition) is 2. The topological polar surface area (TPSA) is 71.1 Å². The Morgan fingerprint density at radius 1 is 0.929 bits per heavy atom. The van der Waals surface area contributed by atoms with E-state index < -0.39 is 30.3 Å². The molecule has 144 valence electrons. The van der Waals surface area contributed by atoms with Crippen LogP contribution in [0.2, 0.25) is 0 Å². The molecule has 0 fully saturated rings. The van der Waals surface area contributed by atoms with Gasteiger partial charge in [0.15, 0.2) is 0 Å². The van der Waals surface area contributed by atoms with Crippen molar-refractivity contribution in [2.75, 3.05) is 0 Å². The van der Waals surface area contributed by atoms with Crippen LogP contribution in [0.15, 0.2) is 72.6 Å². The predicted molar refractivity (Wildman–Crippen MR) is 96.7 cm³/mol. The second-order valence-corrected chi connectivity index (χ2v) is 6.15. The van der Waals surface area contributed by atoms with Crippen molar-refractivity contribution in [2.45, 2.75) is 12.6 Å². The van der Waals surface area contributed by atoms with Gasteiger partial charge in [0.05, 0.1) is 5.92 Å². The lowest BCUT2D eigenvalue weighted by Gasteiger charge is -2.20. The van der Waals surface area contributed by atoms with Gasteiger partial charge < -0.3 is 0 Å². The van der Waals surface area contributed by atoms with Gasteiger partial charge >= 0.3 is 6.18 Å². The Balaban J connectivity index is 1.57. The highest BCUT2D eigenvalue weighted by atomic mass is 19.4. The minimum absolute atomic E-state index is 0.0573. The first-order chi connectivity index (χ1) is 13.3. The van der Waals surface area contributed by atoms with E-state index in [4.69, 9.17) is 0 Å². The number of nitrogens with one attached hydrogen (secondary N) is 2. The number of halogens is 3. The number of hydrazine groups is 1. The summed E-state index contributed by atoms with van der Waals surface area (Å²) < 4.78 is 38.4. The summed E-state index contributed by atoms with van der Waals surface area (Å²) in [6.45, 7) is 0. The molecule has 0 bridgehead atoms. The van der Waals surface area contributed by atoms with Crippen molar-refractivity contribution in [3.63, 3.8) is 0 Å². The van der Waals surface area contributed by atoms with Crippen LogP contribution in [0.5, 0.6) is 0 Å². The number of allylic oxidation sites excluding steroid dienone is 3. The Hall–Kier alpha value is -3.42. The van der Waals surface area contributed by atoms with Crippen molar-refractivity contribution in [2.24, 2.45) is 5.92 Å². The van der Waals surface area contributed by atoms with Crippen LogP contribution in [0.1, 0.15) is 16.8 Å². The van der Waals surface area contributed by atoms with E-state index in [1.807, 2.05) is 12.1 Å². The van der Waals surface area contributed by atoms with Gasteiger partial charge in [-0.15, -0.1) is 0 Å². The van der Waals surface area contributed by atoms with Crippen molar-refractivity contribution in [3.05, 3.63) is 78.2 Å². The highest BCUT2D eigenvalue weighted by Crippen LogP contribution is 2.34. The van der Waals surface area contributed by atoms with E-state index in [-0.39, 0.29) is 5.57 Å². The number of hydrogen-bond acceptors (Lipinski definition) is 3. The maximum atomic E-state index is 12.8. The first kappa shape index (κ1) is 19.3. The summed E-state index contributed by atoms with van der Waals surface area (Å²) >= 11 is 0. The third-order valence-corrected chi connectivity index (χ3v) is 4.24. The molecule has 1 unspecified atom stereocenters. The van der Waals surface area contributed by atoms with E-state index in [0.717, 1.165) is 17.2 Å². The smallest absolute Gasteiger partial charge is 0.268 e. The first-order valence-electron chi connectivity index (χ1n) is 8.40. The fourth-order valence-electron chi connectivity index (χ4n) is 2.70. The summed E-state index contributed by atoms with van der Waals surface area (Å²) in [6, 6.07) is 10.3. The van der Waals surface area contributed by atoms with Crippen molar-refractivity contribution in [1.82, 2.24) is 15.8 Å². The SMILES string of the molecule is O=C(NNC(=O)c1ccc(-c2ccncc2)cc1)C1=CC=CC(C(F)(F)F)C1. The summed E-state index contributed by atoms with van der Waals surface area (Å²) in [5.74, 6) is -3.07. The number of carbonyl (C=O) groups excluding carboxylic acids is 2. The van der Waals surface area contributed by atoms with Gasteiger partial charge in [0, 0.05) is 23.5 Å². The van der Waals surface area contributed by atoms with Gasteiger partial charge in [0.2, 0.25) is 0 Å². The molecule has 2 N–H and O–H groups in total. The number of pyridine rings is 1. The number of nitrogens with zero attached hydrogens (tertiary/aromatic N) is 1. The number of amides is 2. The molecule has 1 aliphatic carbocycles. The van der Waals surface area contributed by atoms with Crippen molar-refractivity contribution in [1.29, 1.82) is 0 Å². The van der Waals surface area contributed by atoms with Crippen LogP contribution in [0.4, 0.5) is 13.2 Å². The highest BCUT2D eigenvalue weighted by molar-refractivity contribution is 5.99. The van der Waals surface area contributed by atoms with Gasteiger partial charge in [-0.2, -0.15) is 13.2 Å². The zero-order chi connectivity index (χ0) is 20.1. The quantitative estimate of drug-likeness (QED) is 0.791. The number of carbonyl (C=O) groups is 2. The van der Waals surface area contributed by atoms with Crippen molar-refractivity contribution >= 4 is 11.8 Å². The largest absolute Gasteiger partial charge is 0.395 e. The van der Waals surface area contributed by atoms with E-state index in [9.17, 15) is 22.8 Å². The molecule has 28 heavy (non-hydrogen) atoms. The second-order valence-electron chi connectivity index (χ2n) is 6.15. The van der Waals surface area contributed by atoms with Crippen LogP contribution in [0.25, 0.3) is 11.1 Å². The monoisotopic (exact) mass is 387 g/mol. The molecule has 0 saturated heterocycles. The average Bonchev–Trinajstić information content (AvgIpc) is 2.72. The van der Waals surface area contributed by atoms with Gasteiger partial charge in [-0.05, 0) is 41.8 Å². The second kappa shape index (κ2) is 8.08. The Labute approximate surface area is 158 Å². The summed E-state index contributed by atoms with van der Waals surface area (Å²) in [6.07, 6.45) is 1.91. The Morgan fingerprint density at radius 2 is 1.54 bits per heavy atom. The van der Waals surface area contributed by atoms with Gasteiger partial charge in [-0.1, -0.05) is 30.4 Å². The van der Waals surface area contributed by atoms with Crippen LogP contribution in [0, 0.1) is 5.92 Å². The van der Waals surface area contributed by atoms with Crippen molar-refractivity contribution < 1.29 is 22.8 Å². The van der Waals surface area contributed by atoms with E-state index in [0.29, 0.717) is 5.56 Å². The molecule has 5 nitrogen and oxygen atoms in total. The van der Waals surface area contributed by atoms with Crippen LogP contribution in [-0.4, -0.2) is 23.0 Å². The molecular weight excluding hydrogens is 371 g/mol. The number of rotatable bonds is 3. The van der Waals surface area contributed by atoms with Gasteiger partial charge in [-0.3, -0.25) is 25.4 Å². The van der Waals surface area contributed by atoms with Crippen LogP contribution in [0.3, 0.4) is 0 Å².